The van der Waals surface area contributed by atoms with Gasteiger partial charge in [-0.1, -0.05) is 25.7 Å². The zero-order valence-electron chi connectivity index (χ0n) is 9.58. The van der Waals surface area contributed by atoms with Crippen LogP contribution in [-0.2, 0) is 9.53 Å². The molecule has 15 heavy (non-hydrogen) atoms. The fourth-order valence-electron chi connectivity index (χ4n) is 2.26. The third kappa shape index (κ3) is 2.95. The van der Waals surface area contributed by atoms with Gasteiger partial charge in [-0.3, -0.25) is 4.79 Å². The molecule has 0 aromatic carbocycles. The zero-order chi connectivity index (χ0) is 11.3. The third-order valence-corrected chi connectivity index (χ3v) is 3.14. The van der Waals surface area contributed by atoms with Crippen LogP contribution in [-0.4, -0.2) is 12.6 Å². The molecular formula is C12H19NO2. The number of carbonyl (C=O) groups excluding carboxylic acids is 1. The first-order valence-corrected chi connectivity index (χ1v) is 5.71. The van der Waals surface area contributed by atoms with E-state index in [2.05, 4.69) is 6.07 Å². The van der Waals surface area contributed by atoms with Gasteiger partial charge in [0.05, 0.1) is 12.7 Å². The van der Waals surface area contributed by atoms with Crippen LogP contribution < -0.4 is 0 Å². The number of ether oxygens (including phenoxy) is 1. The second-order valence-corrected chi connectivity index (χ2v) is 4.52. The van der Waals surface area contributed by atoms with E-state index in [4.69, 9.17) is 10.00 Å². The van der Waals surface area contributed by atoms with E-state index < -0.39 is 5.41 Å². The fraction of sp³-hybridized carbons (Fsp3) is 0.833. The summed E-state index contributed by atoms with van der Waals surface area (Å²) < 4.78 is 4.95. The fourth-order valence-corrected chi connectivity index (χ4v) is 2.26. The number of nitriles is 1. The Hall–Kier alpha value is -1.04. The molecule has 0 spiro atoms. The van der Waals surface area contributed by atoms with E-state index in [-0.39, 0.29) is 5.97 Å². The quantitative estimate of drug-likeness (QED) is 0.669. The molecule has 0 aliphatic heterocycles. The van der Waals surface area contributed by atoms with E-state index in [0.717, 1.165) is 12.8 Å². The summed E-state index contributed by atoms with van der Waals surface area (Å²) in [7, 11) is 0. The predicted octanol–water partition coefficient (Wildman–Crippen LogP) is 2.66. The van der Waals surface area contributed by atoms with Gasteiger partial charge in [0.1, 0.15) is 0 Å². The highest BCUT2D eigenvalue weighted by atomic mass is 16.5. The Kier molecular flexibility index (Phi) is 4.14. The van der Waals surface area contributed by atoms with Crippen molar-refractivity contribution in [2.24, 2.45) is 11.3 Å². The van der Waals surface area contributed by atoms with Crippen molar-refractivity contribution in [2.45, 2.75) is 46.0 Å². The number of carbonyl (C=O) groups is 1. The van der Waals surface area contributed by atoms with E-state index in [1.165, 1.54) is 12.8 Å². The first-order chi connectivity index (χ1) is 7.12. The van der Waals surface area contributed by atoms with Gasteiger partial charge >= 0.3 is 5.97 Å². The molecule has 1 aliphatic carbocycles. The average molecular weight is 209 g/mol. The molecule has 0 amide bonds. The zero-order valence-corrected chi connectivity index (χ0v) is 9.58. The van der Waals surface area contributed by atoms with Crippen molar-refractivity contribution >= 4 is 5.97 Å². The smallest absolute Gasteiger partial charge is 0.326 e. The van der Waals surface area contributed by atoms with E-state index >= 15 is 0 Å². The summed E-state index contributed by atoms with van der Waals surface area (Å²) in [6.07, 6.45) is 5.42. The number of hydrogen-bond donors (Lipinski definition) is 0. The van der Waals surface area contributed by atoms with Crippen molar-refractivity contribution in [3.63, 3.8) is 0 Å². The lowest BCUT2D eigenvalue weighted by Gasteiger charge is -2.22. The molecule has 84 valence electrons. The van der Waals surface area contributed by atoms with Gasteiger partial charge in [0.25, 0.3) is 0 Å². The number of hydrogen-bond acceptors (Lipinski definition) is 3. The second-order valence-electron chi connectivity index (χ2n) is 4.52. The molecule has 0 aromatic rings. The minimum atomic E-state index is -0.939. The molecule has 3 heteroatoms. The molecule has 0 N–H and O–H groups in total. The lowest BCUT2D eigenvalue weighted by atomic mass is 9.81. The maximum Gasteiger partial charge on any atom is 0.326 e. The highest BCUT2D eigenvalue weighted by molar-refractivity contribution is 5.79. The molecule has 1 unspecified atom stereocenters. The minimum absolute atomic E-state index is 0.348. The number of nitrogens with zero attached hydrogens (tertiary/aromatic N) is 1. The lowest BCUT2D eigenvalue weighted by molar-refractivity contribution is -0.152. The third-order valence-electron chi connectivity index (χ3n) is 3.14. The Morgan fingerprint density at radius 1 is 1.53 bits per heavy atom. The van der Waals surface area contributed by atoms with Gasteiger partial charge in [-0.05, 0) is 26.2 Å². The van der Waals surface area contributed by atoms with Crippen LogP contribution in [0, 0.1) is 22.7 Å². The summed E-state index contributed by atoms with van der Waals surface area (Å²) in [4.78, 5) is 11.6. The van der Waals surface area contributed by atoms with Crippen molar-refractivity contribution in [3.8, 4) is 6.07 Å². The largest absolute Gasteiger partial charge is 0.465 e. The Balaban J connectivity index is 2.59. The molecule has 1 fully saturated rings. The monoisotopic (exact) mass is 209 g/mol. The van der Waals surface area contributed by atoms with Crippen molar-refractivity contribution in [3.05, 3.63) is 0 Å². The topological polar surface area (TPSA) is 50.1 Å². The molecule has 1 aliphatic rings. The van der Waals surface area contributed by atoms with Crippen molar-refractivity contribution in [2.75, 3.05) is 6.61 Å². The number of rotatable bonds is 4. The first-order valence-electron chi connectivity index (χ1n) is 5.71. The lowest BCUT2D eigenvalue weighted by Crippen LogP contribution is -2.30. The van der Waals surface area contributed by atoms with Crippen LogP contribution in [0.4, 0.5) is 0 Å². The summed E-state index contributed by atoms with van der Waals surface area (Å²) in [5, 5.41) is 9.09. The van der Waals surface area contributed by atoms with E-state index in [1.807, 2.05) is 0 Å². The maximum absolute atomic E-state index is 11.6. The van der Waals surface area contributed by atoms with Gasteiger partial charge in [-0.2, -0.15) is 5.26 Å². The van der Waals surface area contributed by atoms with Crippen LogP contribution in [0.2, 0.25) is 0 Å². The summed E-state index contributed by atoms with van der Waals surface area (Å²) in [6.45, 7) is 3.81. The van der Waals surface area contributed by atoms with Crippen LogP contribution in [0.25, 0.3) is 0 Å². The second kappa shape index (κ2) is 5.16. The van der Waals surface area contributed by atoms with Crippen LogP contribution >= 0.6 is 0 Å². The molecule has 1 saturated carbocycles. The van der Waals surface area contributed by atoms with Gasteiger partial charge in [0.15, 0.2) is 5.41 Å². The van der Waals surface area contributed by atoms with Crippen LogP contribution in [0.5, 0.6) is 0 Å². The van der Waals surface area contributed by atoms with E-state index in [9.17, 15) is 4.79 Å². The highest BCUT2D eigenvalue weighted by Crippen LogP contribution is 2.36. The van der Waals surface area contributed by atoms with Crippen LogP contribution in [0.1, 0.15) is 46.0 Å². The van der Waals surface area contributed by atoms with Gasteiger partial charge in [-0.25, -0.2) is 0 Å². The average Bonchev–Trinajstić information content (AvgIpc) is 2.70. The van der Waals surface area contributed by atoms with Crippen LogP contribution in [0.15, 0.2) is 0 Å². The summed E-state index contributed by atoms with van der Waals surface area (Å²) >= 11 is 0. The molecule has 0 bridgehead atoms. The Morgan fingerprint density at radius 3 is 2.60 bits per heavy atom. The molecule has 0 heterocycles. The van der Waals surface area contributed by atoms with Gasteiger partial charge in [-0.15, -0.1) is 0 Å². The molecular weight excluding hydrogens is 190 g/mol. The van der Waals surface area contributed by atoms with E-state index in [0.29, 0.717) is 18.9 Å². The first kappa shape index (κ1) is 12.0. The Morgan fingerprint density at radius 2 is 2.13 bits per heavy atom. The van der Waals surface area contributed by atoms with Crippen molar-refractivity contribution < 1.29 is 9.53 Å². The molecule has 3 nitrogen and oxygen atoms in total. The van der Waals surface area contributed by atoms with Crippen molar-refractivity contribution in [1.29, 1.82) is 5.26 Å². The summed E-state index contributed by atoms with van der Waals surface area (Å²) in [6, 6.07) is 2.12. The summed E-state index contributed by atoms with van der Waals surface area (Å²) in [5.41, 5.74) is -0.939. The molecule has 0 radical (unpaired) electrons. The number of esters is 1. The normalized spacial score (nSPS) is 20.6. The van der Waals surface area contributed by atoms with Gasteiger partial charge in [0.2, 0.25) is 0 Å². The van der Waals surface area contributed by atoms with E-state index in [1.54, 1.807) is 13.8 Å². The minimum Gasteiger partial charge on any atom is -0.465 e. The van der Waals surface area contributed by atoms with Gasteiger partial charge < -0.3 is 4.74 Å². The predicted molar refractivity (Wildman–Crippen MR) is 56.9 cm³/mol. The maximum atomic E-state index is 11.6. The molecule has 1 rings (SSSR count). The van der Waals surface area contributed by atoms with Gasteiger partial charge in [0, 0.05) is 0 Å². The van der Waals surface area contributed by atoms with Crippen LogP contribution in [0.3, 0.4) is 0 Å². The molecule has 0 aromatic heterocycles. The Bertz CT molecular complexity index is 263. The highest BCUT2D eigenvalue weighted by Gasteiger charge is 2.38. The summed E-state index contributed by atoms with van der Waals surface area (Å²) in [5.74, 6) is 0.165. The molecule has 0 saturated heterocycles. The Labute approximate surface area is 91.4 Å². The SMILES string of the molecule is CCOC(=O)C(C)(C#N)CC1CCCC1. The standard InChI is InChI=1S/C12H19NO2/c1-3-15-11(14)12(2,9-13)8-10-6-4-5-7-10/h10H,3-8H2,1-2H3. The van der Waals surface area contributed by atoms with Crippen molar-refractivity contribution in [1.82, 2.24) is 0 Å². The molecule has 1 atom stereocenters.